The van der Waals surface area contributed by atoms with E-state index in [2.05, 4.69) is 41.3 Å². The zero-order valence-corrected chi connectivity index (χ0v) is 22.8. The van der Waals surface area contributed by atoms with Crippen LogP contribution in [0.5, 0.6) is 11.8 Å². The lowest BCUT2D eigenvalue weighted by atomic mass is 10.1. The molecule has 1 aromatic carbocycles. The number of likely N-dealkylation sites (N-methyl/N-ethyl adjacent to an activating group) is 1. The Morgan fingerprint density at radius 2 is 2.10 bits per heavy atom. The molecule has 2 aromatic rings. The number of likely N-dealkylation sites (tertiary alicyclic amines) is 1. The van der Waals surface area contributed by atoms with Crippen LogP contribution >= 0.6 is 0 Å². The SMILES string of the molecule is C=CC(=O)N1CCN(c2nc(OC[C@@H]3CCCN3C)nc3c2CN(Cc2cc(O)ccc2C)C3)C[C@@H]1CC#N. The van der Waals surface area contributed by atoms with Crippen LogP contribution in [0, 0.1) is 18.3 Å². The molecule has 2 fully saturated rings. The molecule has 10 nitrogen and oxygen atoms in total. The molecule has 2 saturated heterocycles. The number of aryl methyl sites for hydroxylation is 1. The van der Waals surface area contributed by atoms with Crippen molar-refractivity contribution in [3.8, 4) is 17.8 Å². The van der Waals surface area contributed by atoms with Gasteiger partial charge in [0.25, 0.3) is 0 Å². The van der Waals surface area contributed by atoms with Crippen LogP contribution in [0.15, 0.2) is 30.9 Å². The highest BCUT2D eigenvalue weighted by molar-refractivity contribution is 5.87. The molecule has 0 aliphatic carbocycles. The van der Waals surface area contributed by atoms with Gasteiger partial charge in [0.1, 0.15) is 18.2 Å². The number of phenolic OH excluding ortho intramolecular Hbond substituents is 1. The molecule has 206 valence electrons. The second-order valence-corrected chi connectivity index (χ2v) is 10.8. The van der Waals surface area contributed by atoms with Crippen LogP contribution in [-0.4, -0.2) is 87.6 Å². The van der Waals surface area contributed by atoms with Gasteiger partial charge in [-0.2, -0.15) is 15.2 Å². The van der Waals surface area contributed by atoms with Gasteiger partial charge in [-0.3, -0.25) is 9.69 Å². The summed E-state index contributed by atoms with van der Waals surface area (Å²) in [6.07, 6.45) is 3.82. The first-order chi connectivity index (χ1) is 18.9. The van der Waals surface area contributed by atoms with Gasteiger partial charge in [0, 0.05) is 50.9 Å². The minimum absolute atomic E-state index is 0.153. The summed E-state index contributed by atoms with van der Waals surface area (Å²) in [5.74, 6) is 0.926. The number of ether oxygens (including phenoxy) is 1. The normalized spacial score (nSPS) is 21.6. The number of nitrogens with zero attached hydrogens (tertiary/aromatic N) is 7. The van der Waals surface area contributed by atoms with E-state index in [4.69, 9.17) is 14.7 Å². The standard InChI is InChI=1S/C29H37N7O3/c1-4-27(38)36-13-12-35(16-22(36)9-10-30)28-25-17-34(15-21-14-24(37)8-7-20(21)2)18-26(25)31-29(32-28)39-19-23-6-5-11-33(23)3/h4,7-8,14,22-23,37H,1,5-6,9,11-13,15-19H2,2-3H3/t22-,23-/m0/s1. The maximum absolute atomic E-state index is 12.4. The molecule has 0 unspecified atom stereocenters. The Balaban J connectivity index is 1.41. The first-order valence-corrected chi connectivity index (χ1v) is 13.6. The van der Waals surface area contributed by atoms with Crippen molar-refractivity contribution >= 4 is 11.7 Å². The van der Waals surface area contributed by atoms with Crippen LogP contribution in [0.1, 0.15) is 41.6 Å². The highest BCUT2D eigenvalue weighted by Crippen LogP contribution is 2.34. The number of benzene rings is 1. The molecule has 1 amide bonds. The summed E-state index contributed by atoms with van der Waals surface area (Å²) in [4.78, 5) is 30.7. The number of aromatic hydroxyl groups is 1. The molecule has 1 N–H and O–H groups in total. The van der Waals surface area contributed by atoms with E-state index in [1.54, 1.807) is 11.0 Å². The van der Waals surface area contributed by atoms with Crippen molar-refractivity contribution in [2.45, 2.75) is 57.9 Å². The number of carbonyl (C=O) groups excluding carboxylic acids is 1. The Kier molecular flexibility index (Phi) is 8.00. The zero-order valence-electron chi connectivity index (χ0n) is 22.8. The molecule has 5 rings (SSSR count). The predicted molar refractivity (Wildman–Crippen MR) is 147 cm³/mol. The Labute approximate surface area is 230 Å². The van der Waals surface area contributed by atoms with E-state index in [1.165, 1.54) is 6.08 Å². The Hall–Kier alpha value is -3.68. The number of fused-ring (bicyclic) bond motifs is 1. The van der Waals surface area contributed by atoms with Crippen molar-refractivity contribution in [1.82, 2.24) is 24.7 Å². The van der Waals surface area contributed by atoms with E-state index in [-0.39, 0.29) is 24.1 Å². The highest BCUT2D eigenvalue weighted by Gasteiger charge is 2.34. The zero-order chi connectivity index (χ0) is 27.5. The molecule has 4 heterocycles. The van der Waals surface area contributed by atoms with Crippen molar-refractivity contribution < 1.29 is 14.6 Å². The van der Waals surface area contributed by atoms with E-state index in [0.717, 1.165) is 47.6 Å². The number of aromatic nitrogens is 2. The smallest absolute Gasteiger partial charge is 0.318 e. The van der Waals surface area contributed by atoms with Gasteiger partial charge in [0.05, 0.1) is 24.2 Å². The highest BCUT2D eigenvalue weighted by atomic mass is 16.5. The number of anilines is 1. The fraction of sp³-hybridized carbons (Fsp3) is 0.517. The summed E-state index contributed by atoms with van der Waals surface area (Å²) < 4.78 is 6.18. The number of rotatable bonds is 8. The van der Waals surface area contributed by atoms with Crippen molar-refractivity contribution in [2.75, 3.05) is 44.7 Å². The van der Waals surface area contributed by atoms with Crippen LogP contribution in [0.4, 0.5) is 5.82 Å². The summed E-state index contributed by atoms with van der Waals surface area (Å²) >= 11 is 0. The van der Waals surface area contributed by atoms with E-state index >= 15 is 0 Å². The van der Waals surface area contributed by atoms with Gasteiger partial charge in [0.2, 0.25) is 5.91 Å². The number of hydrogen-bond acceptors (Lipinski definition) is 9. The van der Waals surface area contributed by atoms with Crippen molar-refractivity contribution in [3.63, 3.8) is 0 Å². The third-order valence-corrected chi connectivity index (χ3v) is 8.18. The summed E-state index contributed by atoms with van der Waals surface area (Å²) in [6.45, 7) is 10.9. The lowest BCUT2D eigenvalue weighted by Crippen LogP contribution is -2.55. The van der Waals surface area contributed by atoms with Crippen molar-refractivity contribution in [2.24, 2.45) is 0 Å². The van der Waals surface area contributed by atoms with Crippen LogP contribution in [-0.2, 0) is 24.4 Å². The van der Waals surface area contributed by atoms with E-state index in [0.29, 0.717) is 57.9 Å². The number of nitriles is 1. The lowest BCUT2D eigenvalue weighted by molar-refractivity contribution is -0.128. The first kappa shape index (κ1) is 26.9. The molecule has 10 heteroatoms. The van der Waals surface area contributed by atoms with Crippen LogP contribution < -0.4 is 9.64 Å². The average Bonchev–Trinajstić information content (AvgIpc) is 3.53. The third kappa shape index (κ3) is 5.84. The molecule has 0 bridgehead atoms. The molecule has 3 aliphatic rings. The molecule has 3 aliphatic heterocycles. The molecule has 1 aromatic heterocycles. The van der Waals surface area contributed by atoms with Crippen molar-refractivity contribution in [3.05, 3.63) is 53.2 Å². The van der Waals surface area contributed by atoms with Gasteiger partial charge in [-0.1, -0.05) is 12.6 Å². The second kappa shape index (κ2) is 11.6. The Morgan fingerprint density at radius 1 is 1.26 bits per heavy atom. The van der Waals surface area contributed by atoms with Gasteiger partial charge in [0.15, 0.2) is 0 Å². The second-order valence-electron chi connectivity index (χ2n) is 10.8. The van der Waals surface area contributed by atoms with Crippen LogP contribution in [0.2, 0.25) is 0 Å². The maximum Gasteiger partial charge on any atom is 0.318 e. The summed E-state index contributed by atoms with van der Waals surface area (Å²) in [7, 11) is 2.12. The number of carbonyl (C=O) groups is 1. The minimum atomic E-state index is -0.246. The van der Waals surface area contributed by atoms with Gasteiger partial charge < -0.3 is 24.5 Å². The molecular formula is C29H37N7O3. The average molecular weight is 532 g/mol. The number of amides is 1. The van der Waals surface area contributed by atoms with E-state index < -0.39 is 0 Å². The van der Waals surface area contributed by atoms with Crippen molar-refractivity contribution in [1.29, 1.82) is 5.26 Å². The van der Waals surface area contributed by atoms with Crippen LogP contribution in [0.3, 0.4) is 0 Å². The fourth-order valence-corrected chi connectivity index (χ4v) is 5.88. The number of phenols is 1. The predicted octanol–water partition coefficient (Wildman–Crippen LogP) is 2.60. The minimum Gasteiger partial charge on any atom is -0.508 e. The van der Waals surface area contributed by atoms with Crippen LogP contribution in [0.25, 0.3) is 0 Å². The molecule has 0 radical (unpaired) electrons. The Morgan fingerprint density at radius 3 is 2.85 bits per heavy atom. The molecule has 0 spiro atoms. The monoisotopic (exact) mass is 531 g/mol. The lowest BCUT2D eigenvalue weighted by Gasteiger charge is -2.41. The molecule has 0 saturated carbocycles. The fourth-order valence-electron chi connectivity index (χ4n) is 5.88. The molecule has 39 heavy (non-hydrogen) atoms. The Bertz CT molecular complexity index is 1280. The van der Waals surface area contributed by atoms with Gasteiger partial charge in [-0.05, 0) is 62.7 Å². The summed E-state index contributed by atoms with van der Waals surface area (Å²) in [5.41, 5.74) is 4.19. The third-order valence-electron chi connectivity index (χ3n) is 8.18. The largest absolute Gasteiger partial charge is 0.508 e. The van der Waals surface area contributed by atoms with Gasteiger partial charge in [-0.15, -0.1) is 0 Å². The van der Waals surface area contributed by atoms with E-state index in [1.807, 2.05) is 12.1 Å². The van der Waals surface area contributed by atoms with Gasteiger partial charge in [-0.25, -0.2) is 0 Å². The quantitative estimate of drug-likeness (QED) is 0.514. The molecular weight excluding hydrogens is 494 g/mol. The first-order valence-electron chi connectivity index (χ1n) is 13.6. The number of hydrogen-bond donors (Lipinski definition) is 1. The molecule has 2 atom stereocenters. The topological polar surface area (TPSA) is 109 Å². The van der Waals surface area contributed by atoms with Gasteiger partial charge >= 0.3 is 6.01 Å². The maximum atomic E-state index is 12.4. The summed E-state index contributed by atoms with van der Waals surface area (Å²) in [6, 6.07) is 8.18. The summed E-state index contributed by atoms with van der Waals surface area (Å²) in [5, 5.41) is 19.5. The van der Waals surface area contributed by atoms with E-state index in [9.17, 15) is 15.2 Å². The number of piperazine rings is 1.